The zero-order chi connectivity index (χ0) is 15.3. The summed E-state index contributed by atoms with van der Waals surface area (Å²) in [6.07, 6.45) is 3.64. The molecule has 21 heavy (non-hydrogen) atoms. The van der Waals surface area contributed by atoms with Gasteiger partial charge in [0.05, 0.1) is 25.2 Å². The van der Waals surface area contributed by atoms with Crippen LogP contribution in [0.4, 0.5) is 0 Å². The summed E-state index contributed by atoms with van der Waals surface area (Å²) in [5.74, 6) is 0.344. The van der Waals surface area contributed by atoms with Gasteiger partial charge in [-0.25, -0.2) is 0 Å². The number of methoxy groups -OCH3 is 1. The van der Waals surface area contributed by atoms with E-state index in [1.54, 1.807) is 0 Å². The number of hydrogen-bond acceptors (Lipinski definition) is 3. The molecule has 0 N–H and O–H groups in total. The molecule has 1 aromatic carbocycles. The van der Waals surface area contributed by atoms with Crippen LogP contribution in [0.5, 0.6) is 0 Å². The van der Waals surface area contributed by atoms with Gasteiger partial charge in [-0.2, -0.15) is 0 Å². The molecular weight excluding hydrogens is 264 g/mol. The number of esters is 1. The third kappa shape index (κ3) is 3.65. The van der Waals surface area contributed by atoms with Gasteiger partial charge in [0.25, 0.3) is 0 Å². The minimum absolute atomic E-state index is 0.0347. The highest BCUT2D eigenvalue weighted by atomic mass is 16.5. The lowest BCUT2D eigenvalue weighted by Gasteiger charge is -2.34. The quantitative estimate of drug-likeness (QED) is 0.744. The fourth-order valence-electron chi connectivity index (χ4n) is 3.54. The molecule has 3 heteroatoms. The summed E-state index contributed by atoms with van der Waals surface area (Å²) in [7, 11) is 1.48. The minimum Gasteiger partial charge on any atom is -0.469 e. The van der Waals surface area contributed by atoms with E-state index in [9.17, 15) is 4.79 Å². The Morgan fingerprint density at radius 2 is 2.05 bits per heavy atom. The largest absolute Gasteiger partial charge is 0.469 e. The van der Waals surface area contributed by atoms with Crippen LogP contribution in [0.2, 0.25) is 0 Å². The molecule has 3 nitrogen and oxygen atoms in total. The molecule has 0 amide bonds. The number of carbonyl (C=O) groups excluding carboxylic acids is 1. The van der Waals surface area contributed by atoms with Crippen LogP contribution in [0.25, 0.3) is 0 Å². The standard InChI is InChI=1S/C18H26O3/c1-14(2)12-18(17(19)20-3)11-7-10-16(18)21-13-15-8-5-4-6-9-15/h4-6,8-9,14,16H,7,10-13H2,1-3H3. The summed E-state index contributed by atoms with van der Waals surface area (Å²) in [4.78, 5) is 12.4. The second-order valence-electron chi connectivity index (χ2n) is 6.42. The van der Waals surface area contributed by atoms with E-state index < -0.39 is 5.41 Å². The Balaban J connectivity index is 2.10. The molecule has 1 aliphatic carbocycles. The predicted octanol–water partition coefficient (Wildman–Crippen LogP) is 3.96. The average Bonchev–Trinajstić information content (AvgIpc) is 2.88. The van der Waals surface area contributed by atoms with Gasteiger partial charge in [0.1, 0.15) is 0 Å². The highest BCUT2D eigenvalue weighted by Crippen LogP contribution is 2.46. The fourth-order valence-corrected chi connectivity index (χ4v) is 3.54. The second kappa shape index (κ2) is 7.08. The third-order valence-corrected chi connectivity index (χ3v) is 4.36. The molecule has 0 heterocycles. The van der Waals surface area contributed by atoms with E-state index in [0.717, 1.165) is 31.2 Å². The summed E-state index contributed by atoms with van der Waals surface area (Å²) in [5.41, 5.74) is 0.685. The molecule has 1 fully saturated rings. The van der Waals surface area contributed by atoms with Gasteiger partial charge in [0.15, 0.2) is 0 Å². The van der Waals surface area contributed by atoms with Crippen molar-refractivity contribution in [2.75, 3.05) is 7.11 Å². The Morgan fingerprint density at radius 3 is 2.67 bits per heavy atom. The van der Waals surface area contributed by atoms with Crippen LogP contribution in [0.3, 0.4) is 0 Å². The SMILES string of the molecule is COC(=O)C1(CC(C)C)CCCC1OCc1ccccc1. The number of benzene rings is 1. The van der Waals surface area contributed by atoms with E-state index in [0.29, 0.717) is 12.5 Å². The van der Waals surface area contributed by atoms with Gasteiger partial charge in [-0.1, -0.05) is 44.2 Å². The van der Waals surface area contributed by atoms with Crippen LogP contribution < -0.4 is 0 Å². The highest BCUT2D eigenvalue weighted by Gasteiger charge is 2.50. The number of rotatable bonds is 6. The summed E-state index contributed by atoms with van der Waals surface area (Å²) >= 11 is 0. The van der Waals surface area contributed by atoms with Crippen LogP contribution >= 0.6 is 0 Å². The Labute approximate surface area is 127 Å². The summed E-state index contributed by atoms with van der Waals surface area (Å²) in [6.45, 7) is 4.86. The van der Waals surface area contributed by atoms with Crippen LogP contribution in [0.1, 0.15) is 45.1 Å². The smallest absolute Gasteiger partial charge is 0.314 e. The van der Waals surface area contributed by atoms with Crippen LogP contribution in [0.15, 0.2) is 30.3 Å². The Bertz CT molecular complexity index is 455. The van der Waals surface area contributed by atoms with Crippen LogP contribution in [-0.2, 0) is 20.9 Å². The summed E-state index contributed by atoms with van der Waals surface area (Å²) in [5, 5.41) is 0. The first kappa shape index (κ1) is 16.0. The van der Waals surface area contributed by atoms with Crippen LogP contribution in [-0.4, -0.2) is 19.2 Å². The second-order valence-corrected chi connectivity index (χ2v) is 6.42. The molecule has 2 unspecified atom stereocenters. The van der Waals surface area contributed by atoms with Crippen molar-refractivity contribution in [3.63, 3.8) is 0 Å². The first-order chi connectivity index (χ1) is 10.1. The molecule has 2 atom stereocenters. The molecule has 1 aromatic rings. The van der Waals surface area contributed by atoms with Gasteiger partial charge in [-0.15, -0.1) is 0 Å². The number of ether oxygens (including phenoxy) is 2. The van der Waals surface area contributed by atoms with E-state index in [2.05, 4.69) is 26.0 Å². The van der Waals surface area contributed by atoms with Gasteiger partial charge in [0, 0.05) is 0 Å². The van der Waals surface area contributed by atoms with Crippen molar-refractivity contribution in [3.05, 3.63) is 35.9 Å². The van der Waals surface area contributed by atoms with Gasteiger partial charge >= 0.3 is 5.97 Å². The maximum atomic E-state index is 12.4. The van der Waals surface area contributed by atoms with Crippen molar-refractivity contribution in [1.82, 2.24) is 0 Å². The molecular formula is C18H26O3. The normalized spacial score (nSPS) is 25.2. The molecule has 0 spiro atoms. The summed E-state index contributed by atoms with van der Waals surface area (Å²) < 4.78 is 11.2. The molecule has 0 aromatic heterocycles. The maximum absolute atomic E-state index is 12.4. The zero-order valence-electron chi connectivity index (χ0n) is 13.3. The van der Waals surface area contributed by atoms with Gasteiger partial charge < -0.3 is 9.47 Å². The van der Waals surface area contributed by atoms with Gasteiger partial charge in [0.2, 0.25) is 0 Å². The van der Waals surface area contributed by atoms with E-state index in [1.165, 1.54) is 7.11 Å². The van der Waals surface area contributed by atoms with E-state index >= 15 is 0 Å². The molecule has 0 aliphatic heterocycles. The monoisotopic (exact) mass is 290 g/mol. The number of hydrogen-bond donors (Lipinski definition) is 0. The van der Waals surface area contributed by atoms with Crippen molar-refractivity contribution >= 4 is 5.97 Å². The average molecular weight is 290 g/mol. The third-order valence-electron chi connectivity index (χ3n) is 4.36. The van der Waals surface area contributed by atoms with Crippen molar-refractivity contribution < 1.29 is 14.3 Å². The number of carbonyl (C=O) groups is 1. The summed E-state index contributed by atoms with van der Waals surface area (Å²) in [6, 6.07) is 10.1. The predicted molar refractivity (Wildman–Crippen MR) is 82.8 cm³/mol. The Kier molecular flexibility index (Phi) is 5.40. The molecule has 0 radical (unpaired) electrons. The molecule has 1 saturated carbocycles. The minimum atomic E-state index is -0.461. The lowest BCUT2D eigenvalue weighted by atomic mass is 9.76. The van der Waals surface area contributed by atoms with Crippen molar-refractivity contribution in [3.8, 4) is 0 Å². The van der Waals surface area contributed by atoms with Crippen molar-refractivity contribution in [2.45, 2.75) is 52.2 Å². The first-order valence-corrected chi connectivity index (χ1v) is 7.82. The fraction of sp³-hybridized carbons (Fsp3) is 0.611. The molecule has 2 rings (SSSR count). The van der Waals surface area contributed by atoms with E-state index in [-0.39, 0.29) is 12.1 Å². The molecule has 0 saturated heterocycles. The van der Waals surface area contributed by atoms with E-state index in [1.807, 2.05) is 18.2 Å². The van der Waals surface area contributed by atoms with Crippen molar-refractivity contribution in [1.29, 1.82) is 0 Å². The topological polar surface area (TPSA) is 35.5 Å². The molecule has 1 aliphatic rings. The van der Waals surface area contributed by atoms with Gasteiger partial charge in [-0.3, -0.25) is 4.79 Å². The maximum Gasteiger partial charge on any atom is 0.314 e. The Hall–Kier alpha value is -1.35. The lowest BCUT2D eigenvalue weighted by Crippen LogP contribution is -2.41. The molecule has 116 valence electrons. The first-order valence-electron chi connectivity index (χ1n) is 7.82. The lowest BCUT2D eigenvalue weighted by molar-refractivity contribution is -0.163. The van der Waals surface area contributed by atoms with E-state index in [4.69, 9.17) is 9.47 Å². The zero-order valence-corrected chi connectivity index (χ0v) is 13.3. The van der Waals surface area contributed by atoms with Gasteiger partial charge in [-0.05, 0) is 37.2 Å². The van der Waals surface area contributed by atoms with Crippen LogP contribution in [0, 0.1) is 11.3 Å². The highest BCUT2D eigenvalue weighted by molar-refractivity contribution is 5.78. The van der Waals surface area contributed by atoms with Crippen molar-refractivity contribution in [2.24, 2.45) is 11.3 Å². The Morgan fingerprint density at radius 1 is 1.33 bits per heavy atom. The molecule has 0 bridgehead atoms.